The number of nitrogens with zero attached hydrogens (tertiary/aromatic N) is 2. The molecule has 0 fully saturated rings. The van der Waals surface area contributed by atoms with E-state index >= 15 is 0 Å². The molecule has 0 spiro atoms. The number of aryl methyl sites for hydroxylation is 4. The molecule has 1 amide bonds. The first-order valence-corrected chi connectivity index (χ1v) is 9.46. The van der Waals surface area contributed by atoms with Crippen LogP contribution in [0.3, 0.4) is 0 Å². The van der Waals surface area contributed by atoms with Gasteiger partial charge in [-0.2, -0.15) is 0 Å². The van der Waals surface area contributed by atoms with Gasteiger partial charge < -0.3 is 5.32 Å². The lowest BCUT2D eigenvalue weighted by molar-refractivity contribution is -0.118. The highest BCUT2D eigenvalue weighted by molar-refractivity contribution is 7.18. The van der Waals surface area contributed by atoms with Gasteiger partial charge in [0, 0.05) is 15.6 Å². The number of hydrogen-bond donors (Lipinski definition) is 1. The molecule has 1 atom stereocenters. The highest BCUT2D eigenvalue weighted by Gasteiger charge is 2.22. The Bertz CT molecular complexity index is 1080. The fourth-order valence-electron chi connectivity index (χ4n) is 2.90. The highest BCUT2D eigenvalue weighted by Crippen LogP contribution is 2.27. The monoisotopic (exact) mass is 389 g/mol. The Morgan fingerprint density at radius 3 is 2.62 bits per heavy atom. The fraction of sp³-hybridized carbons (Fsp3) is 0.316. The molecule has 1 aromatic carbocycles. The van der Waals surface area contributed by atoms with Crippen molar-refractivity contribution in [1.82, 2.24) is 9.55 Å². The smallest absolute Gasteiger partial charge is 0.263 e. The molecule has 3 rings (SSSR count). The zero-order valence-electron chi connectivity index (χ0n) is 15.3. The Kier molecular flexibility index (Phi) is 4.90. The summed E-state index contributed by atoms with van der Waals surface area (Å²) in [5, 5.41) is 4.00. The van der Waals surface area contributed by atoms with E-state index in [9.17, 15) is 9.59 Å². The second kappa shape index (κ2) is 6.85. The number of halogens is 1. The van der Waals surface area contributed by atoms with Crippen LogP contribution in [0.2, 0.25) is 5.02 Å². The van der Waals surface area contributed by atoms with Crippen LogP contribution >= 0.6 is 22.9 Å². The molecular formula is C19H20ClN3O2S. The first-order chi connectivity index (χ1) is 12.2. The van der Waals surface area contributed by atoms with Gasteiger partial charge in [0.1, 0.15) is 16.7 Å². The van der Waals surface area contributed by atoms with Gasteiger partial charge in [-0.15, -0.1) is 11.3 Å². The standard InChI is InChI=1S/C19H20ClN3O2S/c1-9-6-7-14(8-15(9)20)22-17(24)11(3)23-13(5)21-18-16(19(23)25)10(2)12(4)26-18/h6-8,11H,1-5H3,(H,22,24). The molecule has 1 N–H and O–H groups in total. The lowest BCUT2D eigenvalue weighted by atomic mass is 10.2. The van der Waals surface area contributed by atoms with Crippen LogP contribution in [0.5, 0.6) is 0 Å². The Labute approximate surface area is 160 Å². The number of hydrogen-bond acceptors (Lipinski definition) is 4. The number of nitrogens with one attached hydrogen (secondary N) is 1. The number of thiophene rings is 1. The molecule has 2 heterocycles. The van der Waals surface area contributed by atoms with Crippen LogP contribution in [0.25, 0.3) is 10.2 Å². The summed E-state index contributed by atoms with van der Waals surface area (Å²) in [6.07, 6.45) is 0. The Hall–Kier alpha value is -2.18. The average Bonchev–Trinajstić information content (AvgIpc) is 2.85. The summed E-state index contributed by atoms with van der Waals surface area (Å²) in [6, 6.07) is 4.63. The Morgan fingerprint density at radius 1 is 1.27 bits per heavy atom. The summed E-state index contributed by atoms with van der Waals surface area (Å²) in [6.45, 7) is 9.22. The molecule has 5 nitrogen and oxygen atoms in total. The number of carbonyl (C=O) groups is 1. The molecule has 0 saturated heterocycles. The molecule has 0 radical (unpaired) electrons. The quantitative estimate of drug-likeness (QED) is 0.714. The van der Waals surface area contributed by atoms with Crippen molar-refractivity contribution in [1.29, 1.82) is 0 Å². The summed E-state index contributed by atoms with van der Waals surface area (Å²) >= 11 is 7.62. The molecule has 136 valence electrons. The zero-order chi connectivity index (χ0) is 19.2. The third kappa shape index (κ3) is 3.15. The van der Waals surface area contributed by atoms with Gasteiger partial charge in [0.05, 0.1) is 5.39 Å². The minimum atomic E-state index is -0.695. The van der Waals surface area contributed by atoms with Gasteiger partial charge in [0.15, 0.2) is 0 Å². The maximum absolute atomic E-state index is 13.0. The van der Waals surface area contributed by atoms with Gasteiger partial charge in [0.2, 0.25) is 5.91 Å². The lowest BCUT2D eigenvalue weighted by Gasteiger charge is -2.18. The summed E-state index contributed by atoms with van der Waals surface area (Å²) < 4.78 is 1.45. The van der Waals surface area contributed by atoms with Gasteiger partial charge in [-0.05, 0) is 57.9 Å². The minimum absolute atomic E-state index is 0.182. The van der Waals surface area contributed by atoms with Gasteiger partial charge in [-0.3, -0.25) is 14.2 Å². The number of aromatic nitrogens is 2. The number of anilines is 1. The average molecular weight is 390 g/mol. The van der Waals surface area contributed by atoms with E-state index in [1.807, 2.05) is 26.8 Å². The first kappa shape index (κ1) is 18.6. The lowest BCUT2D eigenvalue weighted by Crippen LogP contribution is -2.33. The highest BCUT2D eigenvalue weighted by atomic mass is 35.5. The van der Waals surface area contributed by atoms with Gasteiger partial charge in [0.25, 0.3) is 5.56 Å². The summed E-state index contributed by atoms with van der Waals surface area (Å²) in [5.74, 6) is 0.231. The van der Waals surface area contributed by atoms with Crippen molar-refractivity contribution in [3.05, 3.63) is 55.4 Å². The molecule has 26 heavy (non-hydrogen) atoms. The van der Waals surface area contributed by atoms with Gasteiger partial charge >= 0.3 is 0 Å². The number of rotatable bonds is 3. The molecule has 1 unspecified atom stereocenters. The van der Waals surface area contributed by atoms with Gasteiger partial charge in [-0.1, -0.05) is 17.7 Å². The van der Waals surface area contributed by atoms with Crippen LogP contribution in [0, 0.1) is 27.7 Å². The van der Waals surface area contributed by atoms with E-state index in [1.54, 1.807) is 26.0 Å². The number of carbonyl (C=O) groups excluding carboxylic acids is 1. The maximum Gasteiger partial charge on any atom is 0.263 e. The topological polar surface area (TPSA) is 64.0 Å². The second-order valence-electron chi connectivity index (χ2n) is 6.43. The Morgan fingerprint density at radius 2 is 1.96 bits per heavy atom. The van der Waals surface area contributed by atoms with Crippen molar-refractivity contribution in [2.45, 2.75) is 40.7 Å². The molecule has 7 heteroatoms. The molecule has 0 aliphatic rings. The van der Waals surface area contributed by atoms with Crippen molar-refractivity contribution < 1.29 is 4.79 Å². The number of amides is 1. The van der Waals surface area contributed by atoms with Crippen molar-refractivity contribution in [2.75, 3.05) is 5.32 Å². The van der Waals surface area contributed by atoms with Crippen LogP contribution in [0.4, 0.5) is 5.69 Å². The SMILES string of the molecule is Cc1ccc(NC(=O)C(C)n2c(C)nc3sc(C)c(C)c3c2=O)cc1Cl. The number of benzene rings is 1. The van der Waals surface area contributed by atoms with E-state index in [0.29, 0.717) is 21.9 Å². The van der Waals surface area contributed by atoms with E-state index in [-0.39, 0.29) is 11.5 Å². The minimum Gasteiger partial charge on any atom is -0.324 e. The molecule has 0 aliphatic carbocycles. The van der Waals surface area contributed by atoms with Crippen LogP contribution in [0.15, 0.2) is 23.0 Å². The number of fused-ring (bicyclic) bond motifs is 1. The molecule has 2 aromatic heterocycles. The van der Waals surface area contributed by atoms with Gasteiger partial charge in [-0.25, -0.2) is 4.98 Å². The summed E-state index contributed by atoms with van der Waals surface area (Å²) in [7, 11) is 0. The Balaban J connectivity index is 1.99. The van der Waals surface area contributed by atoms with Crippen molar-refractivity contribution in [2.24, 2.45) is 0 Å². The third-order valence-electron chi connectivity index (χ3n) is 4.62. The normalized spacial score (nSPS) is 12.4. The predicted octanol–water partition coefficient (Wildman–Crippen LogP) is 4.54. The predicted molar refractivity (Wildman–Crippen MR) is 108 cm³/mol. The maximum atomic E-state index is 13.0. The van der Waals surface area contributed by atoms with Crippen LogP contribution in [0.1, 0.15) is 34.8 Å². The van der Waals surface area contributed by atoms with E-state index in [0.717, 1.165) is 20.8 Å². The van der Waals surface area contributed by atoms with Crippen LogP contribution in [-0.4, -0.2) is 15.5 Å². The van der Waals surface area contributed by atoms with Crippen LogP contribution < -0.4 is 10.9 Å². The van der Waals surface area contributed by atoms with E-state index < -0.39 is 6.04 Å². The third-order valence-corrected chi connectivity index (χ3v) is 6.13. The van der Waals surface area contributed by atoms with Crippen molar-refractivity contribution in [3.63, 3.8) is 0 Å². The van der Waals surface area contributed by atoms with Crippen LogP contribution in [-0.2, 0) is 4.79 Å². The van der Waals surface area contributed by atoms with E-state index in [4.69, 9.17) is 11.6 Å². The largest absolute Gasteiger partial charge is 0.324 e. The van der Waals surface area contributed by atoms with E-state index in [2.05, 4.69) is 10.3 Å². The zero-order valence-corrected chi connectivity index (χ0v) is 16.9. The molecule has 3 aromatic rings. The van der Waals surface area contributed by atoms with Crippen molar-refractivity contribution in [3.8, 4) is 0 Å². The molecule has 0 aliphatic heterocycles. The second-order valence-corrected chi connectivity index (χ2v) is 8.04. The summed E-state index contributed by atoms with van der Waals surface area (Å²) in [4.78, 5) is 32.0. The molecule has 0 saturated carbocycles. The molecule has 0 bridgehead atoms. The first-order valence-electron chi connectivity index (χ1n) is 8.26. The summed E-state index contributed by atoms with van der Waals surface area (Å²) in [5.41, 5.74) is 2.27. The van der Waals surface area contributed by atoms with E-state index in [1.165, 1.54) is 15.9 Å². The molecular weight excluding hydrogens is 370 g/mol. The fourth-order valence-corrected chi connectivity index (χ4v) is 4.14. The van der Waals surface area contributed by atoms with Crippen molar-refractivity contribution >= 4 is 44.7 Å².